The first-order valence-electron chi connectivity index (χ1n) is 9.92. The van der Waals surface area contributed by atoms with Gasteiger partial charge in [0.25, 0.3) is 0 Å². The first-order valence-corrected chi connectivity index (χ1v) is 9.92. The van der Waals surface area contributed by atoms with E-state index in [0.717, 1.165) is 49.5 Å². The van der Waals surface area contributed by atoms with Crippen LogP contribution in [0.5, 0.6) is 5.75 Å². The molecule has 1 fully saturated rings. The largest absolute Gasteiger partial charge is 0.496 e. The van der Waals surface area contributed by atoms with Crippen LogP contribution in [0.3, 0.4) is 0 Å². The summed E-state index contributed by atoms with van der Waals surface area (Å²) in [6, 6.07) is 15.8. The molecule has 1 saturated heterocycles. The summed E-state index contributed by atoms with van der Waals surface area (Å²) in [6.07, 6.45) is 4.44. The van der Waals surface area contributed by atoms with Crippen molar-refractivity contribution in [2.75, 3.05) is 33.3 Å². The standard InChI is InChI=1S/C24H27N3O2/c1-19-4-10-23(29-2)22(16-19)9-11-24(28)27-13-3-12-26(14-15-27)18-21-7-5-20(17-25)6-8-21/h4-11,16H,3,12-15,18H2,1-2H3/b11-9+. The van der Waals surface area contributed by atoms with Crippen molar-refractivity contribution in [2.24, 2.45) is 0 Å². The highest BCUT2D eigenvalue weighted by Crippen LogP contribution is 2.21. The van der Waals surface area contributed by atoms with E-state index in [4.69, 9.17) is 10.00 Å². The van der Waals surface area contributed by atoms with E-state index in [1.54, 1.807) is 13.2 Å². The lowest BCUT2D eigenvalue weighted by Crippen LogP contribution is -2.34. The van der Waals surface area contributed by atoms with Gasteiger partial charge in [-0.25, -0.2) is 0 Å². The normalized spacial score (nSPS) is 15.1. The van der Waals surface area contributed by atoms with Crippen molar-refractivity contribution in [3.63, 3.8) is 0 Å². The Morgan fingerprint density at radius 1 is 1.14 bits per heavy atom. The molecule has 5 nitrogen and oxygen atoms in total. The molecule has 0 bridgehead atoms. The Morgan fingerprint density at radius 2 is 1.93 bits per heavy atom. The van der Waals surface area contributed by atoms with E-state index in [1.807, 2.05) is 60.4 Å². The topological polar surface area (TPSA) is 56.6 Å². The van der Waals surface area contributed by atoms with Crippen LogP contribution in [-0.2, 0) is 11.3 Å². The molecule has 2 aromatic carbocycles. The molecule has 0 saturated carbocycles. The summed E-state index contributed by atoms with van der Waals surface area (Å²) in [5, 5.41) is 8.92. The molecule has 150 valence electrons. The molecule has 1 aliphatic heterocycles. The van der Waals surface area contributed by atoms with Gasteiger partial charge >= 0.3 is 0 Å². The summed E-state index contributed by atoms with van der Waals surface area (Å²) in [7, 11) is 1.64. The second-order valence-corrected chi connectivity index (χ2v) is 7.34. The third-order valence-corrected chi connectivity index (χ3v) is 5.18. The number of carbonyl (C=O) groups is 1. The summed E-state index contributed by atoms with van der Waals surface area (Å²) in [4.78, 5) is 17.0. The van der Waals surface area contributed by atoms with E-state index in [2.05, 4.69) is 11.0 Å². The molecule has 5 heteroatoms. The Balaban J connectivity index is 1.58. The molecule has 0 atom stereocenters. The summed E-state index contributed by atoms with van der Waals surface area (Å²) >= 11 is 0. The van der Waals surface area contributed by atoms with Crippen molar-refractivity contribution < 1.29 is 9.53 Å². The third-order valence-electron chi connectivity index (χ3n) is 5.18. The minimum Gasteiger partial charge on any atom is -0.496 e. The quantitative estimate of drug-likeness (QED) is 0.733. The van der Waals surface area contributed by atoms with E-state index < -0.39 is 0 Å². The average molecular weight is 389 g/mol. The molecule has 29 heavy (non-hydrogen) atoms. The highest BCUT2D eigenvalue weighted by atomic mass is 16.5. The van der Waals surface area contributed by atoms with E-state index in [-0.39, 0.29) is 5.91 Å². The van der Waals surface area contributed by atoms with Crippen molar-refractivity contribution in [1.82, 2.24) is 9.80 Å². The van der Waals surface area contributed by atoms with Gasteiger partial charge < -0.3 is 9.64 Å². The van der Waals surface area contributed by atoms with Crippen molar-refractivity contribution in [3.05, 3.63) is 70.8 Å². The molecule has 0 aromatic heterocycles. The molecule has 0 radical (unpaired) electrons. The molecule has 3 rings (SSSR count). The van der Waals surface area contributed by atoms with Gasteiger partial charge in [0.2, 0.25) is 5.91 Å². The number of nitrogens with zero attached hydrogens (tertiary/aromatic N) is 3. The lowest BCUT2D eigenvalue weighted by molar-refractivity contribution is -0.125. The molecule has 2 aromatic rings. The Labute approximate surface area is 172 Å². The second-order valence-electron chi connectivity index (χ2n) is 7.34. The predicted octanol–water partition coefficient (Wildman–Crippen LogP) is 3.62. The van der Waals surface area contributed by atoms with Crippen LogP contribution in [0, 0.1) is 18.3 Å². The summed E-state index contributed by atoms with van der Waals surface area (Å²) < 4.78 is 5.38. The molecule has 0 N–H and O–H groups in total. The molecule has 0 unspecified atom stereocenters. The van der Waals surface area contributed by atoms with Gasteiger partial charge in [-0.3, -0.25) is 9.69 Å². The molecule has 0 aliphatic carbocycles. The van der Waals surface area contributed by atoms with Crippen LogP contribution in [0.25, 0.3) is 6.08 Å². The number of hydrogen-bond acceptors (Lipinski definition) is 4. The number of benzene rings is 2. The summed E-state index contributed by atoms with van der Waals surface area (Å²) in [5.74, 6) is 0.804. The molecule has 1 amide bonds. The Bertz CT molecular complexity index is 913. The van der Waals surface area contributed by atoms with Crippen molar-refractivity contribution in [2.45, 2.75) is 19.9 Å². The lowest BCUT2D eigenvalue weighted by Gasteiger charge is -2.21. The smallest absolute Gasteiger partial charge is 0.246 e. The van der Waals surface area contributed by atoms with Crippen molar-refractivity contribution >= 4 is 12.0 Å². The fraction of sp³-hybridized carbons (Fsp3) is 0.333. The van der Waals surface area contributed by atoms with Gasteiger partial charge in [0.15, 0.2) is 0 Å². The summed E-state index contributed by atoms with van der Waals surface area (Å²) in [6.45, 7) is 6.13. The minimum atomic E-state index is 0.0359. The number of amides is 1. The number of aryl methyl sites for hydroxylation is 1. The Hall–Kier alpha value is -3.10. The highest BCUT2D eigenvalue weighted by molar-refractivity contribution is 5.92. The van der Waals surface area contributed by atoms with Crippen LogP contribution in [0.1, 0.15) is 28.7 Å². The van der Waals surface area contributed by atoms with E-state index >= 15 is 0 Å². The first-order chi connectivity index (χ1) is 14.1. The maximum absolute atomic E-state index is 12.7. The van der Waals surface area contributed by atoms with E-state index in [1.165, 1.54) is 5.56 Å². The lowest BCUT2D eigenvalue weighted by atomic mass is 10.1. The maximum Gasteiger partial charge on any atom is 0.246 e. The van der Waals surface area contributed by atoms with Crippen LogP contribution in [-0.4, -0.2) is 49.0 Å². The zero-order valence-electron chi connectivity index (χ0n) is 17.1. The highest BCUT2D eigenvalue weighted by Gasteiger charge is 2.17. The van der Waals surface area contributed by atoms with Crippen molar-refractivity contribution in [1.29, 1.82) is 5.26 Å². The van der Waals surface area contributed by atoms with Gasteiger partial charge in [0.05, 0.1) is 18.7 Å². The number of hydrogen-bond donors (Lipinski definition) is 0. The van der Waals surface area contributed by atoms with Crippen LogP contribution >= 0.6 is 0 Å². The van der Waals surface area contributed by atoms with Crippen LogP contribution in [0.4, 0.5) is 0 Å². The minimum absolute atomic E-state index is 0.0359. The Morgan fingerprint density at radius 3 is 2.66 bits per heavy atom. The van der Waals surface area contributed by atoms with Gasteiger partial charge in [-0.15, -0.1) is 0 Å². The number of nitriles is 1. The average Bonchev–Trinajstić information content (AvgIpc) is 2.98. The monoisotopic (exact) mass is 389 g/mol. The SMILES string of the molecule is COc1ccc(C)cc1/C=C/C(=O)N1CCCN(Cc2ccc(C#N)cc2)CC1. The number of methoxy groups -OCH3 is 1. The second kappa shape index (κ2) is 9.90. The Kier molecular flexibility index (Phi) is 7.04. The summed E-state index contributed by atoms with van der Waals surface area (Å²) in [5.41, 5.74) is 3.91. The van der Waals surface area contributed by atoms with E-state index in [9.17, 15) is 4.79 Å². The van der Waals surface area contributed by atoms with Gasteiger partial charge in [0.1, 0.15) is 5.75 Å². The predicted molar refractivity (Wildman–Crippen MR) is 114 cm³/mol. The maximum atomic E-state index is 12.7. The zero-order valence-corrected chi connectivity index (χ0v) is 17.1. The molecule has 1 heterocycles. The third kappa shape index (κ3) is 5.69. The van der Waals surface area contributed by atoms with Gasteiger partial charge in [-0.1, -0.05) is 23.8 Å². The number of ether oxygens (including phenoxy) is 1. The fourth-order valence-electron chi connectivity index (χ4n) is 3.54. The fourth-order valence-corrected chi connectivity index (χ4v) is 3.54. The van der Waals surface area contributed by atoms with Gasteiger partial charge in [0, 0.05) is 44.4 Å². The molecule has 1 aliphatic rings. The first kappa shape index (κ1) is 20.6. The molecular formula is C24H27N3O2. The number of rotatable bonds is 5. The van der Waals surface area contributed by atoms with Crippen molar-refractivity contribution in [3.8, 4) is 11.8 Å². The zero-order chi connectivity index (χ0) is 20.6. The number of carbonyl (C=O) groups excluding carboxylic acids is 1. The van der Waals surface area contributed by atoms with Gasteiger partial charge in [-0.2, -0.15) is 5.26 Å². The van der Waals surface area contributed by atoms with Crippen LogP contribution in [0.2, 0.25) is 0 Å². The van der Waals surface area contributed by atoms with E-state index in [0.29, 0.717) is 12.1 Å². The molecular weight excluding hydrogens is 362 g/mol. The molecule has 0 spiro atoms. The van der Waals surface area contributed by atoms with Crippen LogP contribution in [0.15, 0.2) is 48.5 Å². The van der Waals surface area contributed by atoms with Crippen LogP contribution < -0.4 is 4.74 Å². The van der Waals surface area contributed by atoms with Gasteiger partial charge in [-0.05, 0) is 49.2 Å².